The predicted molar refractivity (Wildman–Crippen MR) is 141 cm³/mol. The van der Waals surface area contributed by atoms with Gasteiger partial charge in [0.1, 0.15) is 10.7 Å². The van der Waals surface area contributed by atoms with Gasteiger partial charge in [-0.1, -0.05) is 6.92 Å². The van der Waals surface area contributed by atoms with Gasteiger partial charge in [0.15, 0.2) is 0 Å². The molecule has 200 valence electrons. The lowest BCUT2D eigenvalue weighted by molar-refractivity contribution is 0.105. The van der Waals surface area contributed by atoms with E-state index in [4.69, 9.17) is 9.97 Å². The van der Waals surface area contributed by atoms with Crippen molar-refractivity contribution in [3.8, 4) is 0 Å². The maximum atomic E-state index is 13.3. The average Bonchev–Trinajstić information content (AvgIpc) is 3.78. The van der Waals surface area contributed by atoms with E-state index in [1.165, 1.54) is 37.4 Å². The Balaban J connectivity index is 0.991. The highest BCUT2D eigenvalue weighted by Gasteiger charge is 2.54. The van der Waals surface area contributed by atoms with Crippen molar-refractivity contribution in [2.75, 3.05) is 49.5 Å². The molecule has 7 rings (SSSR count). The van der Waals surface area contributed by atoms with Gasteiger partial charge in [-0.2, -0.15) is 14.4 Å². The van der Waals surface area contributed by atoms with Crippen LogP contribution in [0, 0.1) is 5.92 Å². The van der Waals surface area contributed by atoms with Crippen LogP contribution in [0.4, 0.5) is 11.8 Å². The van der Waals surface area contributed by atoms with E-state index in [2.05, 4.69) is 40.3 Å². The molecular formula is C26H38N8O2S. The quantitative estimate of drug-likeness (QED) is 0.560. The molecule has 2 aliphatic carbocycles. The lowest BCUT2D eigenvalue weighted by Crippen LogP contribution is -2.47. The standard InChI is InChI=1S/C26H38N8O2S/c1-3-31-14-21(15-31)34-16-22(12-28-34)37(35,36)32-10-6-20(7-11-32)29-25-27-13-23-24(30-25)33(17-26(23)8-9-26)18(2)19-4-5-19/h12-13,16,18-21H,3-11,14-15,17H2,1-2H3,(H,27,29,30). The number of piperidine rings is 1. The number of sulfonamides is 1. The zero-order valence-corrected chi connectivity index (χ0v) is 22.7. The molecule has 2 saturated carbocycles. The van der Waals surface area contributed by atoms with Crippen molar-refractivity contribution in [2.45, 2.75) is 80.8 Å². The van der Waals surface area contributed by atoms with E-state index in [0.717, 1.165) is 50.8 Å². The highest BCUT2D eigenvalue weighted by molar-refractivity contribution is 7.89. The van der Waals surface area contributed by atoms with Crippen LogP contribution in [0.2, 0.25) is 0 Å². The molecule has 2 aromatic heterocycles. The number of likely N-dealkylation sites (N-methyl/N-ethyl adjacent to an activating group) is 1. The molecule has 1 spiro atoms. The summed E-state index contributed by atoms with van der Waals surface area (Å²) < 4.78 is 30.0. The Labute approximate surface area is 219 Å². The third-order valence-electron chi connectivity index (χ3n) is 9.50. The Bertz CT molecular complexity index is 1270. The van der Waals surface area contributed by atoms with Crippen molar-refractivity contribution in [2.24, 2.45) is 5.92 Å². The summed E-state index contributed by atoms with van der Waals surface area (Å²) in [6, 6.07) is 0.964. The largest absolute Gasteiger partial charge is 0.352 e. The molecule has 2 saturated heterocycles. The molecule has 5 aliphatic rings. The van der Waals surface area contributed by atoms with Gasteiger partial charge in [-0.25, -0.2) is 13.4 Å². The smallest absolute Gasteiger partial charge is 0.246 e. The van der Waals surface area contributed by atoms with Gasteiger partial charge >= 0.3 is 0 Å². The van der Waals surface area contributed by atoms with Crippen LogP contribution in [0.3, 0.4) is 0 Å². The van der Waals surface area contributed by atoms with E-state index >= 15 is 0 Å². The minimum atomic E-state index is -3.54. The monoisotopic (exact) mass is 526 g/mol. The molecular weight excluding hydrogens is 488 g/mol. The molecule has 0 radical (unpaired) electrons. The van der Waals surface area contributed by atoms with E-state index in [1.807, 2.05) is 4.68 Å². The third-order valence-corrected chi connectivity index (χ3v) is 11.3. The number of hydrogen-bond acceptors (Lipinski definition) is 8. The lowest BCUT2D eigenvalue weighted by Gasteiger charge is -2.38. The minimum absolute atomic E-state index is 0.160. The summed E-state index contributed by atoms with van der Waals surface area (Å²) in [6.45, 7) is 9.41. The molecule has 0 aromatic carbocycles. The van der Waals surface area contributed by atoms with Gasteiger partial charge in [0.25, 0.3) is 0 Å². The number of likely N-dealkylation sites (tertiary alicyclic amines) is 1. The highest BCUT2D eigenvalue weighted by atomic mass is 32.2. The van der Waals surface area contributed by atoms with Crippen LogP contribution >= 0.6 is 0 Å². The summed E-state index contributed by atoms with van der Waals surface area (Å²) in [7, 11) is -3.54. The van der Waals surface area contributed by atoms with Crippen LogP contribution in [0.15, 0.2) is 23.5 Å². The molecule has 3 aliphatic heterocycles. The highest BCUT2D eigenvalue weighted by Crippen LogP contribution is 2.57. The molecule has 11 heteroatoms. The van der Waals surface area contributed by atoms with Gasteiger partial charge < -0.3 is 10.2 Å². The molecule has 0 bridgehead atoms. The maximum Gasteiger partial charge on any atom is 0.246 e. The number of anilines is 2. The van der Waals surface area contributed by atoms with Crippen molar-refractivity contribution in [3.05, 3.63) is 24.2 Å². The van der Waals surface area contributed by atoms with Gasteiger partial charge in [0.2, 0.25) is 16.0 Å². The van der Waals surface area contributed by atoms with E-state index in [1.54, 1.807) is 10.5 Å². The molecule has 1 N–H and O–H groups in total. The first-order chi connectivity index (χ1) is 17.9. The zero-order chi connectivity index (χ0) is 25.4. The van der Waals surface area contributed by atoms with E-state index < -0.39 is 10.0 Å². The molecule has 1 unspecified atom stereocenters. The Morgan fingerprint density at radius 2 is 1.89 bits per heavy atom. The molecule has 0 amide bonds. The summed E-state index contributed by atoms with van der Waals surface area (Å²) in [4.78, 5) is 14.9. The number of rotatable bonds is 8. The Morgan fingerprint density at radius 1 is 1.14 bits per heavy atom. The Morgan fingerprint density at radius 3 is 2.57 bits per heavy atom. The zero-order valence-electron chi connectivity index (χ0n) is 21.9. The topological polar surface area (TPSA) is 99.5 Å². The molecule has 37 heavy (non-hydrogen) atoms. The lowest BCUT2D eigenvalue weighted by atomic mass is 10.0. The second kappa shape index (κ2) is 8.64. The summed E-state index contributed by atoms with van der Waals surface area (Å²) in [5.41, 5.74) is 1.62. The minimum Gasteiger partial charge on any atom is -0.352 e. The average molecular weight is 527 g/mol. The fourth-order valence-electron chi connectivity index (χ4n) is 6.46. The second-order valence-electron chi connectivity index (χ2n) is 11.9. The van der Waals surface area contributed by atoms with Gasteiger partial charge in [-0.3, -0.25) is 9.58 Å². The van der Waals surface area contributed by atoms with Crippen LogP contribution in [0.1, 0.15) is 64.0 Å². The van der Waals surface area contributed by atoms with Crippen LogP contribution in [0.25, 0.3) is 0 Å². The van der Waals surface area contributed by atoms with Crippen LogP contribution < -0.4 is 10.2 Å². The Hall–Kier alpha value is -2.24. The first-order valence-electron chi connectivity index (χ1n) is 14.0. The number of nitrogens with zero attached hydrogens (tertiary/aromatic N) is 7. The Kier molecular flexibility index (Phi) is 5.57. The molecule has 2 aromatic rings. The number of aromatic nitrogens is 4. The van der Waals surface area contributed by atoms with Gasteiger partial charge in [-0.15, -0.1) is 0 Å². The fourth-order valence-corrected chi connectivity index (χ4v) is 7.87. The number of nitrogens with one attached hydrogen (secondary N) is 1. The van der Waals surface area contributed by atoms with E-state index in [0.29, 0.717) is 35.4 Å². The molecule has 10 nitrogen and oxygen atoms in total. The third kappa shape index (κ3) is 4.13. The summed E-state index contributed by atoms with van der Waals surface area (Å²) in [5.74, 6) is 2.60. The van der Waals surface area contributed by atoms with Crippen molar-refractivity contribution in [1.29, 1.82) is 0 Å². The van der Waals surface area contributed by atoms with E-state index in [9.17, 15) is 8.42 Å². The van der Waals surface area contributed by atoms with Crippen molar-refractivity contribution < 1.29 is 8.42 Å². The predicted octanol–water partition coefficient (Wildman–Crippen LogP) is 2.46. The summed E-state index contributed by atoms with van der Waals surface area (Å²) >= 11 is 0. The van der Waals surface area contributed by atoms with Gasteiger partial charge in [-0.05, 0) is 57.9 Å². The SMILES string of the molecule is CCN1CC(n2cc(S(=O)(=O)N3CCC(Nc4ncc5c(n4)N(C(C)C4CC4)CC54CC4)CC3)cn2)C1. The normalized spacial score (nSPS) is 25.3. The van der Waals surface area contributed by atoms with Crippen molar-refractivity contribution >= 4 is 21.8 Å². The fraction of sp³-hybridized carbons (Fsp3) is 0.731. The summed E-state index contributed by atoms with van der Waals surface area (Å²) in [5, 5.41) is 7.89. The molecule has 1 atom stereocenters. The summed E-state index contributed by atoms with van der Waals surface area (Å²) in [6.07, 6.45) is 11.9. The van der Waals surface area contributed by atoms with Gasteiger partial charge in [0.05, 0.1) is 12.2 Å². The van der Waals surface area contributed by atoms with Crippen molar-refractivity contribution in [1.82, 2.24) is 29.0 Å². The van der Waals surface area contributed by atoms with Crippen molar-refractivity contribution in [3.63, 3.8) is 0 Å². The second-order valence-corrected chi connectivity index (χ2v) is 13.8. The van der Waals surface area contributed by atoms with E-state index in [-0.39, 0.29) is 12.1 Å². The first-order valence-corrected chi connectivity index (χ1v) is 15.5. The number of hydrogen-bond donors (Lipinski definition) is 1. The van der Waals surface area contributed by atoms with Crippen LogP contribution in [0.5, 0.6) is 0 Å². The van der Waals surface area contributed by atoms with Crippen LogP contribution in [-0.2, 0) is 15.4 Å². The van der Waals surface area contributed by atoms with Gasteiger partial charge in [0, 0.05) is 68.2 Å². The number of fused-ring (bicyclic) bond motifs is 2. The molecule has 5 heterocycles. The van der Waals surface area contributed by atoms with Crippen LogP contribution in [-0.4, -0.2) is 88.7 Å². The maximum absolute atomic E-state index is 13.3. The first kappa shape index (κ1) is 23.8. The molecule has 4 fully saturated rings.